The molecule has 0 N–H and O–H groups in total. The second kappa shape index (κ2) is 14.3. The van der Waals surface area contributed by atoms with E-state index in [9.17, 15) is 0 Å². The Morgan fingerprint density at radius 2 is 0.636 bits per heavy atom. The first kappa shape index (κ1) is 32.3. The van der Waals surface area contributed by atoms with E-state index in [0.29, 0.717) is 0 Å². The zero-order valence-electron chi connectivity index (χ0n) is 21.4. The maximum Gasteiger partial charge on any atom is 0.104 e. The molecule has 0 atom stereocenters. The van der Waals surface area contributed by atoms with Crippen molar-refractivity contribution in [3.63, 3.8) is 0 Å². The SMILES string of the molecule is C[N+]1(Cc2cc(C[N+]3(C)CCCCC3)cc(C[N+]3(C)CCCCC3)c2)CCCCC1.[I-].[I-].[I-]. The number of hydrogen-bond donors (Lipinski definition) is 0. The van der Waals surface area contributed by atoms with E-state index in [4.69, 9.17) is 0 Å². The Bertz CT molecular complexity index is 599. The molecule has 1 aromatic rings. The van der Waals surface area contributed by atoms with Crippen LogP contribution in [-0.4, -0.2) is 73.9 Å². The maximum atomic E-state index is 2.59. The topological polar surface area (TPSA) is 0 Å². The first-order valence-electron chi connectivity index (χ1n) is 13.0. The minimum Gasteiger partial charge on any atom is -1.00 e. The molecule has 192 valence electrons. The molecule has 3 nitrogen and oxygen atoms in total. The van der Waals surface area contributed by atoms with Crippen LogP contribution in [-0.2, 0) is 19.6 Å². The molecule has 0 saturated carbocycles. The van der Waals surface area contributed by atoms with Gasteiger partial charge >= 0.3 is 0 Å². The molecular weight excluding hydrogens is 747 g/mol. The number of quaternary nitrogens is 3. The van der Waals surface area contributed by atoms with Gasteiger partial charge in [-0.25, -0.2) is 0 Å². The largest absolute Gasteiger partial charge is 1.00 e. The molecule has 3 aliphatic rings. The molecule has 33 heavy (non-hydrogen) atoms. The van der Waals surface area contributed by atoms with Crippen LogP contribution in [0.25, 0.3) is 0 Å². The van der Waals surface area contributed by atoms with E-state index in [0.717, 1.165) is 0 Å². The molecule has 0 amide bonds. The van der Waals surface area contributed by atoms with E-state index in [-0.39, 0.29) is 71.9 Å². The van der Waals surface area contributed by atoms with Crippen LogP contribution < -0.4 is 71.9 Å². The zero-order valence-corrected chi connectivity index (χ0v) is 27.9. The monoisotopic (exact) mass is 795 g/mol. The van der Waals surface area contributed by atoms with Gasteiger partial charge in [0.1, 0.15) is 19.6 Å². The predicted molar refractivity (Wildman–Crippen MR) is 127 cm³/mol. The van der Waals surface area contributed by atoms with Crippen molar-refractivity contribution >= 4 is 0 Å². The second-order valence-corrected chi connectivity index (χ2v) is 12.0. The van der Waals surface area contributed by atoms with Gasteiger partial charge in [-0.3, -0.25) is 0 Å². The Morgan fingerprint density at radius 3 is 0.848 bits per heavy atom. The summed E-state index contributed by atoms with van der Waals surface area (Å²) in [6, 6.07) is 7.78. The highest BCUT2D eigenvalue weighted by Gasteiger charge is 2.29. The first-order valence-corrected chi connectivity index (χ1v) is 13.0. The highest BCUT2D eigenvalue weighted by Crippen LogP contribution is 2.27. The number of piperidine rings is 3. The molecule has 0 bridgehead atoms. The lowest BCUT2D eigenvalue weighted by Gasteiger charge is -2.40. The van der Waals surface area contributed by atoms with Crippen LogP contribution in [0, 0.1) is 0 Å². The zero-order chi connectivity index (χ0) is 21.1. The fourth-order valence-corrected chi connectivity index (χ4v) is 6.74. The van der Waals surface area contributed by atoms with Crippen LogP contribution in [0.5, 0.6) is 0 Å². The summed E-state index contributed by atoms with van der Waals surface area (Å²) in [7, 11) is 7.51. The third kappa shape index (κ3) is 9.59. The number of benzene rings is 1. The molecule has 0 unspecified atom stereocenters. The molecule has 6 heteroatoms. The van der Waals surface area contributed by atoms with Crippen LogP contribution in [0.2, 0.25) is 0 Å². The Balaban J connectivity index is 0.00000181. The minimum atomic E-state index is 0. The van der Waals surface area contributed by atoms with Crippen molar-refractivity contribution in [1.82, 2.24) is 0 Å². The van der Waals surface area contributed by atoms with E-state index < -0.39 is 0 Å². The fraction of sp³-hybridized carbons (Fsp3) is 0.778. The highest BCUT2D eigenvalue weighted by molar-refractivity contribution is 5.29. The quantitative estimate of drug-likeness (QED) is 0.205. The van der Waals surface area contributed by atoms with E-state index in [2.05, 4.69) is 39.3 Å². The van der Waals surface area contributed by atoms with Gasteiger partial charge in [-0.15, -0.1) is 0 Å². The van der Waals surface area contributed by atoms with E-state index in [1.165, 1.54) is 130 Å². The minimum absolute atomic E-state index is 0. The van der Waals surface area contributed by atoms with Gasteiger partial charge in [0.15, 0.2) is 0 Å². The molecular formula is C27H48I3N3. The maximum absolute atomic E-state index is 2.59. The standard InChI is InChI=1S/C27H48N3.3HI/c1-28(13-7-4-8-14-28)22-25-19-26(23-29(2)15-9-5-10-16-29)21-27(20-25)24-30(3)17-11-6-12-18-30;;;/h19-21H,4-18,22-24H2,1-3H3;3*1H/q+3;;;/p-3. The van der Waals surface area contributed by atoms with Crippen LogP contribution in [0.3, 0.4) is 0 Å². The molecule has 1 aromatic carbocycles. The summed E-state index contributed by atoms with van der Waals surface area (Å²) < 4.78 is 3.75. The number of nitrogens with zero attached hydrogens (tertiary/aromatic N) is 3. The molecule has 3 aliphatic heterocycles. The highest BCUT2D eigenvalue weighted by atomic mass is 127. The van der Waals surface area contributed by atoms with Gasteiger partial charge in [-0.2, -0.15) is 0 Å². The molecule has 3 saturated heterocycles. The van der Waals surface area contributed by atoms with Crippen LogP contribution in [0.4, 0.5) is 0 Å². The summed E-state index contributed by atoms with van der Waals surface area (Å²) in [6.07, 6.45) is 12.8. The fourth-order valence-electron chi connectivity index (χ4n) is 6.74. The van der Waals surface area contributed by atoms with E-state index in [1.807, 2.05) is 0 Å². The van der Waals surface area contributed by atoms with Gasteiger partial charge in [0.25, 0.3) is 0 Å². The Hall–Kier alpha value is 1.29. The van der Waals surface area contributed by atoms with E-state index in [1.54, 1.807) is 16.7 Å². The number of rotatable bonds is 6. The van der Waals surface area contributed by atoms with Gasteiger partial charge in [-0.05, 0) is 76.0 Å². The summed E-state index contributed by atoms with van der Waals surface area (Å²) in [5, 5.41) is 0. The van der Waals surface area contributed by atoms with Crippen molar-refractivity contribution in [3.05, 3.63) is 34.9 Å². The molecule has 0 radical (unpaired) electrons. The summed E-state index contributed by atoms with van der Waals surface area (Å²) in [4.78, 5) is 0. The van der Waals surface area contributed by atoms with Gasteiger partial charge in [0.05, 0.1) is 60.4 Å². The molecule has 0 aliphatic carbocycles. The van der Waals surface area contributed by atoms with Crippen molar-refractivity contribution in [3.8, 4) is 0 Å². The number of halogens is 3. The van der Waals surface area contributed by atoms with Crippen molar-refractivity contribution < 1.29 is 85.4 Å². The van der Waals surface area contributed by atoms with Gasteiger partial charge < -0.3 is 85.4 Å². The van der Waals surface area contributed by atoms with Gasteiger partial charge in [-0.1, -0.05) is 0 Å². The molecule has 3 fully saturated rings. The Labute approximate surface area is 255 Å². The second-order valence-electron chi connectivity index (χ2n) is 12.0. The van der Waals surface area contributed by atoms with Gasteiger partial charge in [0, 0.05) is 16.7 Å². The summed E-state index contributed by atoms with van der Waals surface area (Å²) >= 11 is 0. The average molecular weight is 795 g/mol. The smallest absolute Gasteiger partial charge is 0.104 e. The third-order valence-electron chi connectivity index (χ3n) is 8.49. The average Bonchev–Trinajstić information content (AvgIpc) is 2.68. The molecule has 3 heterocycles. The van der Waals surface area contributed by atoms with Crippen molar-refractivity contribution in [2.45, 2.75) is 77.4 Å². The lowest BCUT2D eigenvalue weighted by atomic mass is 9.99. The van der Waals surface area contributed by atoms with Gasteiger partial charge in [0.2, 0.25) is 0 Å². The van der Waals surface area contributed by atoms with Crippen LogP contribution in [0.1, 0.15) is 74.5 Å². The van der Waals surface area contributed by atoms with Crippen molar-refractivity contribution in [1.29, 1.82) is 0 Å². The van der Waals surface area contributed by atoms with E-state index >= 15 is 0 Å². The Morgan fingerprint density at radius 1 is 0.424 bits per heavy atom. The molecule has 4 rings (SSSR count). The third-order valence-corrected chi connectivity index (χ3v) is 8.49. The van der Waals surface area contributed by atoms with Crippen molar-refractivity contribution in [2.24, 2.45) is 0 Å². The number of likely N-dealkylation sites (tertiary alicyclic amines) is 3. The Kier molecular flexibility index (Phi) is 14.0. The summed E-state index contributed by atoms with van der Waals surface area (Å²) in [5.41, 5.74) is 4.83. The molecule has 0 aromatic heterocycles. The summed E-state index contributed by atoms with van der Waals surface area (Å²) in [6.45, 7) is 11.9. The molecule has 0 spiro atoms. The lowest BCUT2D eigenvalue weighted by molar-refractivity contribution is -0.928. The van der Waals surface area contributed by atoms with Crippen LogP contribution in [0.15, 0.2) is 18.2 Å². The predicted octanol–water partition coefficient (Wildman–Crippen LogP) is -3.91. The summed E-state index contributed by atoms with van der Waals surface area (Å²) in [5.74, 6) is 0. The van der Waals surface area contributed by atoms with Crippen LogP contribution >= 0.6 is 0 Å². The van der Waals surface area contributed by atoms with Crippen molar-refractivity contribution in [2.75, 3.05) is 60.4 Å². The normalized spacial score (nSPS) is 23.4. The first-order chi connectivity index (χ1) is 14.4. The lowest BCUT2D eigenvalue weighted by Crippen LogP contribution is -3.00. The number of hydrogen-bond acceptors (Lipinski definition) is 0.